The standard InChI is InChI=1S/C22H33N5O4S/c23-21(30)20-16-3-1-2-4-17(16)32-22(20)24-18(28)5-6-25-7-9-27(10-8-25)19(29)15-26-11-13-31-14-12-26/h1-15H2,(H2,23,30)(H,24,28). The van der Waals surface area contributed by atoms with Gasteiger partial charge in [-0.25, -0.2) is 0 Å². The first-order chi connectivity index (χ1) is 15.5. The second-order valence-corrected chi connectivity index (χ2v) is 9.79. The molecule has 0 aromatic carbocycles. The highest BCUT2D eigenvalue weighted by atomic mass is 32.1. The van der Waals surface area contributed by atoms with Gasteiger partial charge < -0.3 is 20.7 Å². The van der Waals surface area contributed by atoms with Crippen molar-refractivity contribution in [3.8, 4) is 0 Å². The zero-order valence-electron chi connectivity index (χ0n) is 18.6. The van der Waals surface area contributed by atoms with Crippen LogP contribution in [-0.4, -0.2) is 98.0 Å². The number of nitrogens with zero attached hydrogens (tertiary/aromatic N) is 3. The smallest absolute Gasteiger partial charge is 0.251 e. The van der Waals surface area contributed by atoms with Crippen LogP contribution in [0.5, 0.6) is 0 Å². The molecule has 1 aromatic heterocycles. The molecule has 0 radical (unpaired) electrons. The van der Waals surface area contributed by atoms with Gasteiger partial charge in [-0.05, 0) is 31.2 Å². The highest BCUT2D eigenvalue weighted by Crippen LogP contribution is 2.37. The predicted octanol–water partition coefficient (Wildman–Crippen LogP) is 0.531. The molecule has 1 aliphatic carbocycles. The van der Waals surface area contributed by atoms with Crippen LogP contribution in [-0.2, 0) is 27.2 Å². The maximum Gasteiger partial charge on any atom is 0.251 e. The molecule has 0 spiro atoms. The van der Waals surface area contributed by atoms with E-state index in [-0.39, 0.29) is 11.8 Å². The first-order valence-electron chi connectivity index (χ1n) is 11.6. The molecular weight excluding hydrogens is 430 g/mol. The third-order valence-electron chi connectivity index (χ3n) is 6.51. The minimum atomic E-state index is -0.461. The van der Waals surface area contributed by atoms with E-state index in [9.17, 15) is 14.4 Å². The normalized spacial score (nSPS) is 20.1. The van der Waals surface area contributed by atoms with Crippen molar-refractivity contribution in [1.82, 2.24) is 14.7 Å². The summed E-state index contributed by atoms with van der Waals surface area (Å²) in [4.78, 5) is 44.5. The van der Waals surface area contributed by atoms with Gasteiger partial charge in [0.05, 0.1) is 25.3 Å². The minimum Gasteiger partial charge on any atom is -0.379 e. The number of anilines is 1. The Kier molecular flexibility index (Phi) is 7.77. The second kappa shape index (κ2) is 10.7. The van der Waals surface area contributed by atoms with E-state index in [2.05, 4.69) is 15.1 Å². The minimum absolute atomic E-state index is 0.100. The van der Waals surface area contributed by atoms with Crippen molar-refractivity contribution < 1.29 is 19.1 Å². The molecule has 32 heavy (non-hydrogen) atoms. The topological polar surface area (TPSA) is 108 Å². The van der Waals surface area contributed by atoms with Gasteiger partial charge in [0.2, 0.25) is 11.8 Å². The maximum absolute atomic E-state index is 12.6. The zero-order valence-corrected chi connectivity index (χ0v) is 19.4. The number of aryl methyl sites for hydroxylation is 1. The van der Waals surface area contributed by atoms with Gasteiger partial charge in [0.15, 0.2) is 0 Å². The molecule has 3 aliphatic rings. The number of nitrogens with one attached hydrogen (secondary N) is 1. The van der Waals surface area contributed by atoms with E-state index < -0.39 is 5.91 Å². The number of primary amides is 1. The quantitative estimate of drug-likeness (QED) is 0.611. The molecule has 3 N–H and O–H groups in total. The van der Waals surface area contributed by atoms with E-state index in [1.54, 1.807) is 0 Å². The third-order valence-corrected chi connectivity index (χ3v) is 7.72. The highest BCUT2D eigenvalue weighted by Gasteiger charge is 2.26. The molecule has 2 saturated heterocycles. The van der Waals surface area contributed by atoms with Crippen LogP contribution in [0.3, 0.4) is 0 Å². The van der Waals surface area contributed by atoms with E-state index in [1.165, 1.54) is 16.2 Å². The van der Waals surface area contributed by atoms with Crippen LogP contribution >= 0.6 is 11.3 Å². The van der Waals surface area contributed by atoms with Gasteiger partial charge in [-0.3, -0.25) is 24.2 Å². The summed E-state index contributed by atoms with van der Waals surface area (Å²) >= 11 is 1.50. The fourth-order valence-electron chi connectivity index (χ4n) is 4.63. The Labute approximate surface area is 192 Å². The molecule has 176 valence electrons. The molecule has 2 aliphatic heterocycles. The largest absolute Gasteiger partial charge is 0.379 e. The van der Waals surface area contributed by atoms with Crippen LogP contribution in [0.25, 0.3) is 0 Å². The van der Waals surface area contributed by atoms with E-state index in [0.717, 1.165) is 57.4 Å². The average Bonchev–Trinajstić information content (AvgIpc) is 3.16. The van der Waals surface area contributed by atoms with Gasteiger partial charge in [-0.1, -0.05) is 0 Å². The third kappa shape index (κ3) is 5.67. The van der Waals surface area contributed by atoms with Crippen LogP contribution < -0.4 is 11.1 Å². The summed E-state index contributed by atoms with van der Waals surface area (Å²) in [6.45, 7) is 7.01. The van der Waals surface area contributed by atoms with E-state index in [1.807, 2.05) is 4.90 Å². The van der Waals surface area contributed by atoms with Crippen LogP contribution in [0.15, 0.2) is 0 Å². The summed E-state index contributed by atoms with van der Waals surface area (Å²) in [5.41, 5.74) is 7.15. The lowest BCUT2D eigenvalue weighted by atomic mass is 9.95. The van der Waals surface area contributed by atoms with Crippen LogP contribution in [0.1, 0.15) is 40.1 Å². The number of hydrogen-bond acceptors (Lipinski definition) is 7. The molecule has 0 saturated carbocycles. The number of rotatable bonds is 7. The monoisotopic (exact) mass is 463 g/mol. The van der Waals surface area contributed by atoms with E-state index in [4.69, 9.17) is 10.5 Å². The first kappa shape index (κ1) is 23.2. The molecule has 0 bridgehead atoms. The highest BCUT2D eigenvalue weighted by molar-refractivity contribution is 7.17. The molecule has 2 fully saturated rings. The van der Waals surface area contributed by atoms with Crippen molar-refractivity contribution in [2.75, 3.05) is 70.9 Å². The number of carbonyl (C=O) groups is 3. The molecule has 4 rings (SSSR count). The van der Waals surface area contributed by atoms with Gasteiger partial charge in [0.25, 0.3) is 5.91 Å². The van der Waals surface area contributed by atoms with Crippen LogP contribution in [0, 0.1) is 0 Å². The van der Waals surface area contributed by atoms with Crippen molar-refractivity contribution in [2.24, 2.45) is 5.73 Å². The van der Waals surface area contributed by atoms with Crippen molar-refractivity contribution in [1.29, 1.82) is 0 Å². The van der Waals surface area contributed by atoms with Gasteiger partial charge >= 0.3 is 0 Å². The Bertz CT molecular complexity index is 844. The Balaban J connectivity index is 1.21. The van der Waals surface area contributed by atoms with Gasteiger partial charge in [-0.15, -0.1) is 11.3 Å². The molecular formula is C22H33N5O4S. The fraction of sp³-hybridized carbons (Fsp3) is 0.682. The average molecular weight is 464 g/mol. The van der Waals surface area contributed by atoms with Gasteiger partial charge in [0, 0.05) is 57.1 Å². The van der Waals surface area contributed by atoms with Gasteiger partial charge in [0.1, 0.15) is 5.00 Å². The molecule has 1 aromatic rings. The maximum atomic E-state index is 12.6. The summed E-state index contributed by atoms with van der Waals surface area (Å²) in [6.07, 6.45) is 4.32. The Morgan fingerprint density at radius 3 is 2.41 bits per heavy atom. The molecule has 10 heteroatoms. The lowest BCUT2D eigenvalue weighted by Crippen LogP contribution is -2.52. The fourth-order valence-corrected chi connectivity index (χ4v) is 5.95. The Hall–Kier alpha value is -2.01. The number of piperazine rings is 1. The van der Waals surface area contributed by atoms with Crippen molar-refractivity contribution in [3.05, 3.63) is 16.0 Å². The Morgan fingerprint density at radius 2 is 1.69 bits per heavy atom. The Morgan fingerprint density at radius 1 is 0.969 bits per heavy atom. The second-order valence-electron chi connectivity index (χ2n) is 8.69. The number of morpholine rings is 1. The predicted molar refractivity (Wildman–Crippen MR) is 123 cm³/mol. The molecule has 3 amide bonds. The summed E-state index contributed by atoms with van der Waals surface area (Å²) in [7, 11) is 0. The molecule has 9 nitrogen and oxygen atoms in total. The molecule has 0 atom stereocenters. The van der Waals surface area contributed by atoms with Crippen molar-refractivity contribution in [2.45, 2.75) is 32.1 Å². The van der Waals surface area contributed by atoms with Gasteiger partial charge in [-0.2, -0.15) is 0 Å². The lowest BCUT2D eigenvalue weighted by molar-refractivity contribution is -0.135. The summed E-state index contributed by atoms with van der Waals surface area (Å²) < 4.78 is 5.34. The number of amides is 3. The summed E-state index contributed by atoms with van der Waals surface area (Å²) in [5, 5.41) is 3.54. The number of nitrogens with two attached hydrogens (primary N) is 1. The number of carbonyl (C=O) groups excluding carboxylic acids is 3. The molecule has 3 heterocycles. The van der Waals surface area contributed by atoms with Crippen LogP contribution in [0.2, 0.25) is 0 Å². The van der Waals surface area contributed by atoms with E-state index >= 15 is 0 Å². The van der Waals surface area contributed by atoms with E-state index in [0.29, 0.717) is 56.4 Å². The first-order valence-corrected chi connectivity index (χ1v) is 12.4. The van der Waals surface area contributed by atoms with Crippen LogP contribution in [0.4, 0.5) is 5.00 Å². The summed E-state index contributed by atoms with van der Waals surface area (Å²) in [5.74, 6) is -0.389. The number of ether oxygens (including phenoxy) is 1. The van der Waals surface area contributed by atoms with Crippen molar-refractivity contribution >= 4 is 34.1 Å². The number of hydrogen-bond donors (Lipinski definition) is 2. The SMILES string of the molecule is NC(=O)c1c(NC(=O)CCN2CCN(C(=O)CN3CCOCC3)CC2)sc2c1CCCC2. The summed E-state index contributed by atoms with van der Waals surface area (Å²) in [6, 6.07) is 0. The number of thiophene rings is 1. The van der Waals surface area contributed by atoms with Crippen molar-refractivity contribution in [3.63, 3.8) is 0 Å². The zero-order chi connectivity index (χ0) is 22.5. The lowest BCUT2D eigenvalue weighted by Gasteiger charge is -2.36. The molecule has 0 unspecified atom stereocenters. The number of fused-ring (bicyclic) bond motifs is 1.